The molecule has 3 nitrogen and oxygen atoms in total. The van der Waals surface area contributed by atoms with Gasteiger partial charge in [0.05, 0.1) is 16.3 Å². The van der Waals surface area contributed by atoms with Crippen LogP contribution in [0, 0.1) is 6.92 Å². The van der Waals surface area contributed by atoms with E-state index in [0.29, 0.717) is 17.8 Å². The summed E-state index contributed by atoms with van der Waals surface area (Å²) < 4.78 is 0. The average Bonchev–Trinajstić information content (AvgIpc) is 2.53. The largest absolute Gasteiger partial charge is 0.337 e. The molecule has 0 radical (unpaired) electrons. The summed E-state index contributed by atoms with van der Waals surface area (Å²) in [7, 11) is 0. The lowest BCUT2D eigenvalue weighted by Crippen LogP contribution is -2.48. The van der Waals surface area contributed by atoms with Gasteiger partial charge in [0, 0.05) is 17.5 Å². The summed E-state index contributed by atoms with van der Waals surface area (Å²) >= 11 is 1.55. The van der Waals surface area contributed by atoms with Crippen molar-refractivity contribution in [1.82, 2.24) is 9.88 Å². The van der Waals surface area contributed by atoms with Crippen molar-refractivity contribution in [1.29, 1.82) is 0 Å². The van der Waals surface area contributed by atoms with Crippen LogP contribution in [0.4, 0.5) is 0 Å². The minimum Gasteiger partial charge on any atom is -0.337 e. The van der Waals surface area contributed by atoms with Gasteiger partial charge in [-0.05, 0) is 57.7 Å². The van der Waals surface area contributed by atoms with Crippen molar-refractivity contribution in [3.8, 4) is 0 Å². The van der Waals surface area contributed by atoms with E-state index in [1.54, 1.807) is 11.8 Å². The molecular formula is C19H24N2OS. The van der Waals surface area contributed by atoms with Gasteiger partial charge in [-0.3, -0.25) is 4.79 Å². The molecular weight excluding hydrogens is 304 g/mol. The molecule has 1 aliphatic rings. The second-order valence-corrected chi connectivity index (χ2v) is 7.51. The van der Waals surface area contributed by atoms with Crippen molar-refractivity contribution in [3.63, 3.8) is 0 Å². The molecule has 0 unspecified atom stereocenters. The maximum absolute atomic E-state index is 12.6. The third-order valence-corrected chi connectivity index (χ3v) is 5.62. The van der Waals surface area contributed by atoms with Gasteiger partial charge in [0.1, 0.15) is 0 Å². The molecule has 122 valence electrons. The zero-order valence-corrected chi connectivity index (χ0v) is 14.9. The minimum absolute atomic E-state index is 0.238. The number of pyridine rings is 1. The first-order valence-electron chi connectivity index (χ1n) is 8.36. The standard InChI is InChI=1S/C19H24N2OS/c1-13-11-18(20-17-10-5-4-9-16(13)17)23-12-19(22)21-14(2)7-6-8-15(21)3/h4-5,9-11,14-15H,6-8,12H2,1-3H3/t14-,15-/m1/s1. The number of carbonyl (C=O) groups excluding carboxylic acids is 1. The number of thioether (sulfide) groups is 1. The number of carbonyl (C=O) groups is 1. The van der Waals surface area contributed by atoms with Gasteiger partial charge >= 0.3 is 0 Å². The molecule has 23 heavy (non-hydrogen) atoms. The summed E-state index contributed by atoms with van der Waals surface area (Å²) in [4.78, 5) is 19.4. The van der Waals surface area contributed by atoms with Gasteiger partial charge in [0.15, 0.2) is 0 Å². The minimum atomic E-state index is 0.238. The van der Waals surface area contributed by atoms with Gasteiger partial charge in [-0.15, -0.1) is 0 Å². The molecule has 2 aromatic rings. The lowest BCUT2D eigenvalue weighted by molar-refractivity contribution is -0.134. The first kappa shape index (κ1) is 16.3. The molecule has 4 heteroatoms. The summed E-state index contributed by atoms with van der Waals surface area (Å²) in [6.07, 6.45) is 3.47. The highest BCUT2D eigenvalue weighted by Crippen LogP contribution is 2.26. The molecule has 0 aliphatic carbocycles. The summed E-state index contributed by atoms with van der Waals surface area (Å²) in [6.45, 7) is 6.43. The van der Waals surface area contributed by atoms with E-state index in [1.165, 1.54) is 17.4 Å². The predicted molar refractivity (Wildman–Crippen MR) is 96.8 cm³/mol. The van der Waals surface area contributed by atoms with E-state index >= 15 is 0 Å². The van der Waals surface area contributed by atoms with Gasteiger partial charge < -0.3 is 4.90 Å². The van der Waals surface area contributed by atoms with Crippen LogP contribution in [0.1, 0.15) is 38.7 Å². The number of para-hydroxylation sites is 1. The van der Waals surface area contributed by atoms with Crippen molar-refractivity contribution in [2.75, 3.05) is 5.75 Å². The molecule has 2 atom stereocenters. The molecule has 1 amide bonds. The number of rotatable bonds is 3. The molecule has 1 aromatic heterocycles. The highest BCUT2D eigenvalue weighted by molar-refractivity contribution is 7.99. The van der Waals surface area contributed by atoms with E-state index in [1.807, 2.05) is 18.2 Å². The predicted octanol–water partition coefficient (Wildman–Crippen LogP) is 4.42. The summed E-state index contributed by atoms with van der Waals surface area (Å²) in [5.41, 5.74) is 2.22. The number of aryl methyl sites for hydroxylation is 1. The van der Waals surface area contributed by atoms with Gasteiger partial charge in [-0.1, -0.05) is 30.0 Å². The number of piperidine rings is 1. The fraction of sp³-hybridized carbons (Fsp3) is 0.474. The number of hydrogen-bond donors (Lipinski definition) is 0. The number of fused-ring (bicyclic) bond motifs is 1. The molecule has 1 aliphatic heterocycles. The monoisotopic (exact) mass is 328 g/mol. The quantitative estimate of drug-likeness (QED) is 0.782. The zero-order chi connectivity index (χ0) is 16.4. The van der Waals surface area contributed by atoms with Crippen molar-refractivity contribution >= 4 is 28.6 Å². The van der Waals surface area contributed by atoms with E-state index in [4.69, 9.17) is 0 Å². The molecule has 0 bridgehead atoms. The fourth-order valence-corrected chi connectivity index (χ4v) is 4.36. The zero-order valence-electron chi connectivity index (χ0n) is 14.1. The van der Waals surface area contributed by atoms with E-state index in [2.05, 4.69) is 42.8 Å². The van der Waals surface area contributed by atoms with Gasteiger partial charge in [0.2, 0.25) is 5.91 Å². The number of aromatic nitrogens is 1. The Morgan fingerprint density at radius 3 is 2.70 bits per heavy atom. The van der Waals surface area contributed by atoms with E-state index < -0.39 is 0 Å². The normalized spacial score (nSPS) is 21.6. The van der Waals surface area contributed by atoms with Crippen molar-refractivity contribution < 1.29 is 4.79 Å². The Morgan fingerprint density at radius 2 is 1.96 bits per heavy atom. The Balaban J connectivity index is 1.71. The number of likely N-dealkylation sites (tertiary alicyclic amines) is 1. The van der Waals surface area contributed by atoms with Crippen LogP contribution in [-0.2, 0) is 4.79 Å². The van der Waals surface area contributed by atoms with E-state index in [0.717, 1.165) is 23.4 Å². The molecule has 1 fully saturated rings. The number of hydrogen-bond acceptors (Lipinski definition) is 3. The van der Waals surface area contributed by atoms with Crippen molar-refractivity contribution in [2.45, 2.75) is 57.1 Å². The fourth-order valence-electron chi connectivity index (χ4n) is 3.52. The van der Waals surface area contributed by atoms with Gasteiger partial charge in [-0.2, -0.15) is 0 Å². The maximum atomic E-state index is 12.6. The third-order valence-electron chi connectivity index (χ3n) is 4.72. The first-order chi connectivity index (χ1) is 11.1. The van der Waals surface area contributed by atoms with E-state index in [9.17, 15) is 4.79 Å². The second kappa shape index (κ2) is 6.91. The smallest absolute Gasteiger partial charge is 0.233 e. The average molecular weight is 328 g/mol. The number of amides is 1. The van der Waals surface area contributed by atoms with Crippen LogP contribution in [0.3, 0.4) is 0 Å². The van der Waals surface area contributed by atoms with Crippen molar-refractivity contribution in [2.24, 2.45) is 0 Å². The van der Waals surface area contributed by atoms with Crippen LogP contribution in [0.2, 0.25) is 0 Å². The molecule has 0 N–H and O–H groups in total. The first-order valence-corrected chi connectivity index (χ1v) is 9.35. The van der Waals surface area contributed by atoms with Crippen LogP contribution in [-0.4, -0.2) is 33.6 Å². The van der Waals surface area contributed by atoms with Gasteiger partial charge in [0.25, 0.3) is 0 Å². The highest BCUT2D eigenvalue weighted by Gasteiger charge is 2.28. The Morgan fingerprint density at radius 1 is 1.26 bits per heavy atom. The lowest BCUT2D eigenvalue weighted by Gasteiger charge is -2.39. The molecule has 0 spiro atoms. The van der Waals surface area contributed by atoms with Crippen LogP contribution < -0.4 is 0 Å². The summed E-state index contributed by atoms with van der Waals surface area (Å²) in [5.74, 6) is 0.710. The van der Waals surface area contributed by atoms with Crippen molar-refractivity contribution in [3.05, 3.63) is 35.9 Å². The lowest BCUT2D eigenvalue weighted by atomic mass is 9.98. The van der Waals surface area contributed by atoms with Crippen LogP contribution >= 0.6 is 11.8 Å². The molecule has 1 saturated heterocycles. The molecule has 2 heterocycles. The Labute approximate surface area is 142 Å². The summed E-state index contributed by atoms with van der Waals surface area (Å²) in [5, 5.41) is 2.12. The van der Waals surface area contributed by atoms with Gasteiger partial charge in [-0.25, -0.2) is 4.98 Å². The maximum Gasteiger partial charge on any atom is 0.233 e. The second-order valence-electron chi connectivity index (χ2n) is 6.51. The van der Waals surface area contributed by atoms with Crippen LogP contribution in [0.5, 0.6) is 0 Å². The van der Waals surface area contributed by atoms with Crippen LogP contribution in [0.25, 0.3) is 10.9 Å². The number of nitrogens with zero attached hydrogens (tertiary/aromatic N) is 2. The Bertz CT molecular complexity index is 706. The third kappa shape index (κ3) is 3.52. The Kier molecular flexibility index (Phi) is 4.90. The SMILES string of the molecule is Cc1cc(SCC(=O)N2[C@H](C)CCC[C@H]2C)nc2ccccc12. The van der Waals surface area contributed by atoms with E-state index in [-0.39, 0.29) is 5.91 Å². The highest BCUT2D eigenvalue weighted by atomic mass is 32.2. The molecule has 1 aromatic carbocycles. The number of benzene rings is 1. The summed E-state index contributed by atoms with van der Waals surface area (Å²) in [6, 6.07) is 11.0. The topological polar surface area (TPSA) is 33.2 Å². The molecule has 3 rings (SSSR count). The van der Waals surface area contributed by atoms with Crippen LogP contribution in [0.15, 0.2) is 35.4 Å². The Hall–Kier alpha value is -1.55. The molecule has 0 saturated carbocycles.